The zero-order chi connectivity index (χ0) is 14.3. The molecular weight excluding hydrogens is 240 g/mol. The van der Waals surface area contributed by atoms with Crippen molar-refractivity contribution in [2.75, 3.05) is 0 Å². The van der Waals surface area contributed by atoms with E-state index in [0.717, 1.165) is 11.4 Å². The maximum Gasteiger partial charge on any atom is 0.411 e. The van der Waals surface area contributed by atoms with Crippen LogP contribution in [0.4, 0.5) is 10.5 Å². The number of rotatable bonds is 4. The average molecular weight is 260 g/mol. The van der Waals surface area contributed by atoms with E-state index >= 15 is 0 Å². The van der Waals surface area contributed by atoms with E-state index in [9.17, 15) is 4.79 Å². The molecule has 0 unspecified atom stereocenters. The molecule has 0 atom stereocenters. The fourth-order valence-electron chi connectivity index (χ4n) is 1.49. The third-order valence-corrected chi connectivity index (χ3v) is 2.13. The molecule has 0 aliphatic heterocycles. The Morgan fingerprint density at radius 2 is 1.89 bits per heavy atom. The molecule has 0 saturated heterocycles. The summed E-state index contributed by atoms with van der Waals surface area (Å²) in [5.74, 6) is 0. The molecular formula is C15H20N2O2. The first-order valence-corrected chi connectivity index (χ1v) is 6.23. The maximum absolute atomic E-state index is 11.4. The van der Waals surface area contributed by atoms with E-state index in [-0.39, 0.29) is 6.10 Å². The van der Waals surface area contributed by atoms with Gasteiger partial charge in [-0.15, -0.1) is 0 Å². The molecule has 102 valence electrons. The van der Waals surface area contributed by atoms with Gasteiger partial charge in [-0.1, -0.05) is 18.2 Å². The number of para-hydroxylation sites is 1. The fraction of sp³-hybridized carbons (Fsp3) is 0.333. The Kier molecular flexibility index (Phi) is 5.79. The summed E-state index contributed by atoms with van der Waals surface area (Å²) in [4.78, 5) is 15.8. The molecule has 0 saturated carbocycles. The summed E-state index contributed by atoms with van der Waals surface area (Å²) >= 11 is 0. The minimum absolute atomic E-state index is 0.133. The molecule has 4 heteroatoms. The van der Waals surface area contributed by atoms with Gasteiger partial charge in [-0.05, 0) is 45.9 Å². The minimum atomic E-state index is -0.448. The summed E-state index contributed by atoms with van der Waals surface area (Å²) in [6.45, 7) is 7.29. The monoisotopic (exact) mass is 260 g/mol. The number of benzene rings is 1. The lowest BCUT2D eigenvalue weighted by Gasteiger charge is -2.09. The number of alkyl carbamates (subject to hydrolysis) is 1. The Balaban J connectivity index is 2.63. The number of ether oxygens (including phenoxy) is 1. The topological polar surface area (TPSA) is 50.7 Å². The van der Waals surface area contributed by atoms with Gasteiger partial charge in [0.2, 0.25) is 0 Å². The van der Waals surface area contributed by atoms with Crippen molar-refractivity contribution < 1.29 is 9.53 Å². The smallest absolute Gasteiger partial charge is 0.411 e. The second-order valence-electron chi connectivity index (χ2n) is 4.50. The van der Waals surface area contributed by atoms with Crippen LogP contribution in [0.25, 0.3) is 0 Å². The van der Waals surface area contributed by atoms with Gasteiger partial charge in [-0.2, -0.15) is 0 Å². The second-order valence-corrected chi connectivity index (χ2v) is 4.50. The fourth-order valence-corrected chi connectivity index (χ4v) is 1.49. The van der Waals surface area contributed by atoms with Crippen molar-refractivity contribution in [1.29, 1.82) is 0 Å². The van der Waals surface area contributed by atoms with Gasteiger partial charge in [-0.25, -0.2) is 4.79 Å². The summed E-state index contributed by atoms with van der Waals surface area (Å²) in [5, 5.41) is 2.65. The van der Waals surface area contributed by atoms with Crippen LogP contribution in [0.2, 0.25) is 0 Å². The van der Waals surface area contributed by atoms with E-state index in [1.165, 1.54) is 0 Å². The summed E-state index contributed by atoms with van der Waals surface area (Å²) in [7, 11) is 0. The van der Waals surface area contributed by atoms with E-state index in [0.29, 0.717) is 5.70 Å². The highest BCUT2D eigenvalue weighted by Crippen LogP contribution is 2.10. The normalized spacial score (nSPS) is 12.5. The molecule has 0 radical (unpaired) electrons. The van der Waals surface area contributed by atoms with Crippen molar-refractivity contribution in [3.05, 3.63) is 42.1 Å². The van der Waals surface area contributed by atoms with Crippen LogP contribution < -0.4 is 5.32 Å². The van der Waals surface area contributed by atoms with Crippen LogP contribution in [0.15, 0.2) is 47.1 Å². The predicted molar refractivity (Wildman–Crippen MR) is 77.7 cm³/mol. The molecule has 1 rings (SSSR count). The summed E-state index contributed by atoms with van der Waals surface area (Å²) in [6.07, 6.45) is 1.22. The van der Waals surface area contributed by atoms with Gasteiger partial charge in [0.1, 0.15) is 0 Å². The number of carbonyl (C=O) groups excluding carboxylic acids is 1. The van der Waals surface area contributed by atoms with Gasteiger partial charge in [0.15, 0.2) is 0 Å². The van der Waals surface area contributed by atoms with Crippen LogP contribution in [0, 0.1) is 0 Å². The Hall–Kier alpha value is -2.10. The Morgan fingerprint density at radius 3 is 2.47 bits per heavy atom. The zero-order valence-electron chi connectivity index (χ0n) is 11.8. The third kappa shape index (κ3) is 6.41. The standard InChI is InChI=1S/C15H20N2O2/c1-11(2)19-15(18)17-13(4)10-12(3)16-14-8-6-5-7-9-14/h5-11H,1-4H3,(H,17,18). The summed E-state index contributed by atoms with van der Waals surface area (Å²) < 4.78 is 4.99. The van der Waals surface area contributed by atoms with Crippen LogP contribution in [0.1, 0.15) is 27.7 Å². The quantitative estimate of drug-likeness (QED) is 0.837. The van der Waals surface area contributed by atoms with E-state index in [1.54, 1.807) is 26.8 Å². The van der Waals surface area contributed by atoms with Gasteiger partial charge < -0.3 is 4.74 Å². The van der Waals surface area contributed by atoms with Crippen molar-refractivity contribution in [2.45, 2.75) is 33.8 Å². The molecule has 1 amide bonds. The van der Waals surface area contributed by atoms with Crippen LogP contribution >= 0.6 is 0 Å². The molecule has 0 heterocycles. The van der Waals surface area contributed by atoms with Crippen molar-refractivity contribution in [2.24, 2.45) is 4.99 Å². The highest BCUT2D eigenvalue weighted by molar-refractivity contribution is 5.95. The molecule has 1 N–H and O–H groups in total. The Labute approximate surface area is 114 Å². The van der Waals surface area contributed by atoms with Crippen molar-refractivity contribution >= 4 is 17.5 Å². The van der Waals surface area contributed by atoms with Gasteiger partial charge in [0.25, 0.3) is 0 Å². The summed E-state index contributed by atoms with van der Waals surface area (Å²) in [5.41, 5.74) is 2.39. The average Bonchev–Trinajstić information content (AvgIpc) is 2.28. The van der Waals surface area contributed by atoms with Gasteiger partial charge in [0.05, 0.1) is 11.8 Å². The first-order valence-electron chi connectivity index (χ1n) is 6.23. The van der Waals surface area contributed by atoms with E-state index in [1.807, 2.05) is 37.3 Å². The number of hydrogen-bond acceptors (Lipinski definition) is 3. The molecule has 19 heavy (non-hydrogen) atoms. The molecule has 0 aliphatic rings. The minimum Gasteiger partial charge on any atom is -0.447 e. The van der Waals surface area contributed by atoms with Gasteiger partial charge >= 0.3 is 6.09 Å². The molecule has 0 fully saturated rings. The van der Waals surface area contributed by atoms with E-state index in [2.05, 4.69) is 10.3 Å². The van der Waals surface area contributed by atoms with Crippen molar-refractivity contribution in [3.63, 3.8) is 0 Å². The largest absolute Gasteiger partial charge is 0.447 e. The SMILES string of the molecule is CC(=CC(C)=Nc1ccccc1)NC(=O)OC(C)C. The lowest BCUT2D eigenvalue weighted by Crippen LogP contribution is -2.25. The van der Waals surface area contributed by atoms with Crippen molar-refractivity contribution in [3.8, 4) is 0 Å². The second kappa shape index (κ2) is 7.36. The third-order valence-electron chi connectivity index (χ3n) is 2.13. The Bertz CT molecular complexity index is 476. The van der Waals surface area contributed by atoms with Gasteiger partial charge in [-0.3, -0.25) is 10.3 Å². The van der Waals surface area contributed by atoms with Crippen LogP contribution in [0.3, 0.4) is 0 Å². The lowest BCUT2D eigenvalue weighted by atomic mass is 10.3. The zero-order valence-corrected chi connectivity index (χ0v) is 11.8. The number of nitrogens with zero attached hydrogens (tertiary/aromatic N) is 1. The molecule has 0 spiro atoms. The maximum atomic E-state index is 11.4. The first-order chi connectivity index (χ1) is 8.97. The molecule has 0 aromatic heterocycles. The van der Waals surface area contributed by atoms with Crippen molar-refractivity contribution in [1.82, 2.24) is 5.32 Å². The number of allylic oxidation sites excluding steroid dienone is 2. The first kappa shape index (κ1) is 15.0. The number of carbonyl (C=O) groups is 1. The highest BCUT2D eigenvalue weighted by atomic mass is 16.6. The van der Waals surface area contributed by atoms with Crippen LogP contribution in [-0.2, 0) is 4.74 Å². The highest BCUT2D eigenvalue weighted by Gasteiger charge is 2.04. The predicted octanol–water partition coefficient (Wildman–Crippen LogP) is 3.82. The number of aliphatic imine (C=N–C) groups is 1. The number of hydrogen-bond donors (Lipinski definition) is 1. The molecule has 1 aromatic rings. The molecule has 4 nitrogen and oxygen atoms in total. The Morgan fingerprint density at radius 1 is 1.26 bits per heavy atom. The van der Waals surface area contributed by atoms with E-state index in [4.69, 9.17) is 4.74 Å². The van der Waals surface area contributed by atoms with E-state index < -0.39 is 6.09 Å². The number of nitrogens with one attached hydrogen (secondary N) is 1. The van der Waals surface area contributed by atoms with Crippen LogP contribution in [-0.4, -0.2) is 17.9 Å². The number of amides is 1. The van der Waals surface area contributed by atoms with Gasteiger partial charge in [0, 0.05) is 11.4 Å². The molecule has 1 aromatic carbocycles. The summed E-state index contributed by atoms with van der Waals surface area (Å²) in [6, 6.07) is 9.65. The van der Waals surface area contributed by atoms with Crippen LogP contribution in [0.5, 0.6) is 0 Å². The lowest BCUT2D eigenvalue weighted by molar-refractivity contribution is 0.118. The molecule has 0 bridgehead atoms. The molecule has 0 aliphatic carbocycles.